The molecule has 0 N–H and O–H groups in total. The second-order valence-electron chi connectivity index (χ2n) is 6.33. The van der Waals surface area contributed by atoms with Gasteiger partial charge in [-0.25, -0.2) is 0 Å². The van der Waals surface area contributed by atoms with Crippen molar-refractivity contribution in [3.8, 4) is 0 Å². The Morgan fingerprint density at radius 3 is 1.50 bits per heavy atom. The summed E-state index contributed by atoms with van der Waals surface area (Å²) in [6.07, 6.45) is 3.74. The largest absolute Gasteiger partial charge is 0.256 e. The first-order chi connectivity index (χ1) is 11.9. The van der Waals surface area contributed by atoms with E-state index >= 15 is 0 Å². The second kappa shape index (κ2) is 4.18. The number of pyridine rings is 2. The van der Waals surface area contributed by atoms with E-state index in [2.05, 4.69) is 58.5 Å². The maximum atomic E-state index is 4.63. The number of hydrogen-bond donors (Lipinski definition) is 0. The third-order valence-electron chi connectivity index (χ3n) is 5.04. The van der Waals surface area contributed by atoms with Crippen molar-refractivity contribution in [3.05, 3.63) is 73.1 Å². The van der Waals surface area contributed by atoms with Crippen LogP contribution < -0.4 is 0 Å². The third-order valence-corrected chi connectivity index (χ3v) is 5.04. The molecule has 0 bridgehead atoms. The molecule has 2 nitrogen and oxygen atoms in total. The number of rotatable bonds is 0. The molecule has 0 saturated heterocycles. The van der Waals surface area contributed by atoms with Gasteiger partial charge in [0, 0.05) is 33.9 Å². The van der Waals surface area contributed by atoms with Crippen LogP contribution in [0.15, 0.2) is 73.1 Å². The first-order valence-corrected chi connectivity index (χ1v) is 8.10. The summed E-state index contributed by atoms with van der Waals surface area (Å²) in [6.45, 7) is 0. The fourth-order valence-corrected chi connectivity index (χ4v) is 4.04. The lowest BCUT2D eigenvalue weighted by Gasteiger charge is -2.14. The van der Waals surface area contributed by atoms with Gasteiger partial charge in [-0.15, -0.1) is 0 Å². The minimum Gasteiger partial charge on any atom is -0.256 e. The quantitative estimate of drug-likeness (QED) is 0.266. The van der Waals surface area contributed by atoms with Gasteiger partial charge in [0.2, 0.25) is 0 Å². The zero-order valence-electron chi connectivity index (χ0n) is 12.8. The summed E-state index contributed by atoms with van der Waals surface area (Å²) < 4.78 is 0. The maximum Gasteiger partial charge on any atom is 0.0780 e. The van der Waals surface area contributed by atoms with Crippen molar-refractivity contribution in [1.82, 2.24) is 9.97 Å². The first-order valence-electron chi connectivity index (χ1n) is 8.10. The van der Waals surface area contributed by atoms with Gasteiger partial charge in [-0.1, -0.05) is 36.4 Å². The predicted molar refractivity (Wildman–Crippen MR) is 101 cm³/mol. The lowest BCUT2D eigenvalue weighted by Crippen LogP contribution is -1.89. The van der Waals surface area contributed by atoms with E-state index in [0.717, 1.165) is 11.0 Å². The van der Waals surface area contributed by atoms with E-state index in [1.54, 1.807) is 0 Å². The van der Waals surface area contributed by atoms with Crippen molar-refractivity contribution in [2.24, 2.45) is 0 Å². The SMILES string of the molecule is c1cnc2c(c1)cc1ccc3cc4cccnc4c4ccc2c1c34. The Balaban J connectivity index is 2.00. The molecule has 6 aromatic rings. The van der Waals surface area contributed by atoms with Gasteiger partial charge >= 0.3 is 0 Å². The van der Waals surface area contributed by atoms with Gasteiger partial charge in [0.05, 0.1) is 11.0 Å². The van der Waals surface area contributed by atoms with Crippen molar-refractivity contribution >= 4 is 54.1 Å². The molecule has 110 valence electrons. The van der Waals surface area contributed by atoms with Crippen LogP contribution in [0.25, 0.3) is 54.1 Å². The molecule has 4 aromatic carbocycles. The molecule has 24 heavy (non-hydrogen) atoms. The Morgan fingerprint density at radius 1 is 0.500 bits per heavy atom. The molecule has 2 aromatic heterocycles. The normalized spacial score (nSPS) is 12.2. The summed E-state index contributed by atoms with van der Waals surface area (Å²) >= 11 is 0. The average Bonchev–Trinajstić information content (AvgIpc) is 2.65. The first kappa shape index (κ1) is 12.2. The second-order valence-corrected chi connectivity index (χ2v) is 6.33. The van der Waals surface area contributed by atoms with E-state index in [1.165, 1.54) is 43.1 Å². The molecular weight excluding hydrogens is 292 g/mol. The van der Waals surface area contributed by atoms with E-state index in [4.69, 9.17) is 0 Å². The maximum absolute atomic E-state index is 4.63. The summed E-state index contributed by atoms with van der Waals surface area (Å²) in [6, 6.07) is 21.6. The molecule has 0 spiro atoms. The highest BCUT2D eigenvalue weighted by molar-refractivity contribution is 6.31. The van der Waals surface area contributed by atoms with Crippen LogP contribution in [0.4, 0.5) is 0 Å². The molecule has 2 heterocycles. The molecule has 0 unspecified atom stereocenters. The standard InChI is InChI=1S/C22H12N2/c1-3-15-11-13-5-6-14-12-16-4-2-10-24-22(16)18-8-7-17(19(13)20(14)18)21(15)23-9-1/h1-12H. The fraction of sp³-hybridized carbons (Fsp3) is 0. The zero-order chi connectivity index (χ0) is 15.7. The van der Waals surface area contributed by atoms with Gasteiger partial charge in [-0.3, -0.25) is 9.97 Å². The molecule has 0 aliphatic rings. The summed E-state index contributed by atoms with van der Waals surface area (Å²) in [5.41, 5.74) is 2.14. The van der Waals surface area contributed by atoms with E-state index < -0.39 is 0 Å². The van der Waals surface area contributed by atoms with E-state index in [-0.39, 0.29) is 0 Å². The van der Waals surface area contributed by atoms with Gasteiger partial charge in [-0.2, -0.15) is 0 Å². The Labute approximate surface area is 137 Å². The van der Waals surface area contributed by atoms with Crippen molar-refractivity contribution < 1.29 is 0 Å². The van der Waals surface area contributed by atoms with E-state index in [1.807, 2.05) is 24.5 Å². The van der Waals surface area contributed by atoms with Gasteiger partial charge in [0.25, 0.3) is 0 Å². The Morgan fingerprint density at radius 2 is 1.00 bits per heavy atom. The molecule has 0 saturated carbocycles. The predicted octanol–water partition coefficient (Wildman–Crippen LogP) is 5.68. The third kappa shape index (κ3) is 1.41. The fourth-order valence-electron chi connectivity index (χ4n) is 4.04. The molecule has 6 rings (SSSR count). The number of hydrogen-bond acceptors (Lipinski definition) is 2. The minimum absolute atomic E-state index is 1.07. The Kier molecular flexibility index (Phi) is 2.12. The van der Waals surface area contributed by atoms with Gasteiger partial charge in [-0.05, 0) is 45.8 Å². The van der Waals surface area contributed by atoms with Crippen LogP contribution in [-0.2, 0) is 0 Å². The van der Waals surface area contributed by atoms with Crippen LogP contribution >= 0.6 is 0 Å². The summed E-state index contributed by atoms with van der Waals surface area (Å²) in [5, 5.41) is 9.93. The van der Waals surface area contributed by atoms with Crippen LogP contribution in [0, 0.1) is 0 Å². The number of aromatic nitrogens is 2. The van der Waals surface area contributed by atoms with Crippen LogP contribution in [-0.4, -0.2) is 9.97 Å². The Hall–Kier alpha value is -3.26. The van der Waals surface area contributed by atoms with Gasteiger partial charge < -0.3 is 0 Å². The molecule has 0 atom stereocenters. The van der Waals surface area contributed by atoms with Gasteiger partial charge in [0.15, 0.2) is 0 Å². The molecule has 0 amide bonds. The number of fused-ring (bicyclic) bond motifs is 4. The van der Waals surface area contributed by atoms with Crippen molar-refractivity contribution in [3.63, 3.8) is 0 Å². The molecule has 0 aliphatic carbocycles. The lowest BCUT2D eigenvalue weighted by molar-refractivity contribution is 1.43. The zero-order valence-corrected chi connectivity index (χ0v) is 12.8. The highest BCUT2D eigenvalue weighted by atomic mass is 14.7. The van der Waals surface area contributed by atoms with E-state index in [9.17, 15) is 0 Å². The molecular formula is C22H12N2. The topological polar surface area (TPSA) is 25.8 Å². The van der Waals surface area contributed by atoms with Gasteiger partial charge in [0.1, 0.15) is 0 Å². The molecule has 2 heteroatoms. The highest BCUT2D eigenvalue weighted by Crippen LogP contribution is 2.40. The van der Waals surface area contributed by atoms with Crippen LogP contribution in [0.5, 0.6) is 0 Å². The van der Waals surface area contributed by atoms with E-state index in [0.29, 0.717) is 0 Å². The monoisotopic (exact) mass is 304 g/mol. The Bertz CT molecular complexity index is 1290. The van der Waals surface area contributed by atoms with Crippen LogP contribution in [0.2, 0.25) is 0 Å². The summed E-state index contributed by atoms with van der Waals surface area (Å²) in [7, 11) is 0. The van der Waals surface area contributed by atoms with Crippen molar-refractivity contribution in [2.45, 2.75) is 0 Å². The van der Waals surface area contributed by atoms with Crippen molar-refractivity contribution in [1.29, 1.82) is 0 Å². The smallest absolute Gasteiger partial charge is 0.0780 e. The molecule has 0 radical (unpaired) electrons. The number of benzene rings is 4. The molecule has 0 fully saturated rings. The summed E-state index contributed by atoms with van der Waals surface area (Å²) in [4.78, 5) is 9.27. The molecule has 0 aliphatic heterocycles. The summed E-state index contributed by atoms with van der Waals surface area (Å²) in [5.74, 6) is 0. The van der Waals surface area contributed by atoms with Crippen molar-refractivity contribution in [2.75, 3.05) is 0 Å². The average molecular weight is 304 g/mol. The lowest BCUT2D eigenvalue weighted by atomic mass is 9.91. The number of nitrogens with zero attached hydrogens (tertiary/aromatic N) is 2. The minimum atomic E-state index is 1.07. The van der Waals surface area contributed by atoms with Crippen LogP contribution in [0.3, 0.4) is 0 Å². The highest BCUT2D eigenvalue weighted by Gasteiger charge is 2.13. The van der Waals surface area contributed by atoms with Crippen LogP contribution in [0.1, 0.15) is 0 Å².